The van der Waals surface area contributed by atoms with E-state index in [4.69, 9.17) is 11.6 Å². The Bertz CT molecular complexity index is 165. The number of carbonyl (C=O) groups excluding carboxylic acids is 1. The molecule has 0 spiro atoms. The molecule has 4 heteroatoms. The molecule has 0 fully saturated rings. The zero-order valence-electron chi connectivity index (χ0n) is 8.98. The van der Waals surface area contributed by atoms with Gasteiger partial charge in [-0.25, -0.2) is 0 Å². The summed E-state index contributed by atoms with van der Waals surface area (Å²) in [4.78, 5) is 11.1. The van der Waals surface area contributed by atoms with E-state index >= 15 is 0 Å². The van der Waals surface area contributed by atoms with Crippen LogP contribution in [0.1, 0.15) is 51.4 Å². The first-order chi connectivity index (χ1) is 7.16. The van der Waals surface area contributed by atoms with Crippen molar-refractivity contribution >= 4 is 48.7 Å². The average Bonchev–Trinajstić information content (AvgIpc) is 2.21. The van der Waals surface area contributed by atoms with Gasteiger partial charge in [-0.2, -0.15) is 0 Å². The van der Waals surface area contributed by atoms with Gasteiger partial charge in [0.2, 0.25) is 5.24 Å². The molecule has 0 aliphatic carbocycles. The van der Waals surface area contributed by atoms with Gasteiger partial charge in [0.15, 0.2) is 0 Å². The summed E-state index contributed by atoms with van der Waals surface area (Å²) in [5.41, 5.74) is 0. The third kappa shape index (κ3) is 12.9. The Balaban J connectivity index is 3.02. The highest BCUT2D eigenvalue weighted by Crippen LogP contribution is 2.15. The van der Waals surface area contributed by atoms with E-state index < -0.39 is 0 Å². The first-order valence-electron chi connectivity index (χ1n) is 5.55. The number of alkyl halides is 2. The van der Waals surface area contributed by atoms with Crippen LogP contribution < -0.4 is 0 Å². The molecule has 0 radical (unpaired) electrons. The number of hydrogen-bond donors (Lipinski definition) is 0. The van der Waals surface area contributed by atoms with Crippen LogP contribution in [-0.2, 0) is 4.79 Å². The Hall–Kier alpha value is 0.920. The van der Waals surface area contributed by atoms with Crippen LogP contribution in [0.25, 0.3) is 0 Å². The topological polar surface area (TPSA) is 17.1 Å². The third-order valence-electron chi connectivity index (χ3n) is 2.31. The molecular formula is C11H19Br2ClO. The number of rotatable bonds is 10. The molecule has 0 aliphatic rings. The smallest absolute Gasteiger partial charge is 0.221 e. The molecule has 90 valence electrons. The molecule has 0 aliphatic heterocycles. The predicted octanol–water partition coefficient (Wildman–Crippen LogP) is 5.03. The van der Waals surface area contributed by atoms with E-state index in [9.17, 15) is 4.79 Å². The first kappa shape index (κ1) is 15.9. The van der Waals surface area contributed by atoms with Crippen molar-refractivity contribution in [3.63, 3.8) is 0 Å². The van der Waals surface area contributed by atoms with E-state index in [-0.39, 0.29) is 5.24 Å². The van der Waals surface area contributed by atoms with Crippen molar-refractivity contribution in [1.29, 1.82) is 0 Å². The highest BCUT2D eigenvalue weighted by atomic mass is 79.9. The Kier molecular flexibility index (Phi) is 12.1. The molecule has 0 rings (SSSR count). The summed E-state index contributed by atoms with van der Waals surface area (Å²) in [7, 11) is 0. The van der Waals surface area contributed by atoms with Gasteiger partial charge in [-0.05, 0) is 24.4 Å². The fraction of sp³-hybridized carbons (Fsp3) is 0.909. The van der Waals surface area contributed by atoms with Crippen molar-refractivity contribution in [3.05, 3.63) is 0 Å². The molecule has 0 amide bonds. The monoisotopic (exact) mass is 360 g/mol. The molecule has 0 saturated carbocycles. The van der Waals surface area contributed by atoms with Gasteiger partial charge in [0, 0.05) is 16.6 Å². The van der Waals surface area contributed by atoms with Gasteiger partial charge in [-0.1, -0.05) is 64.0 Å². The van der Waals surface area contributed by atoms with Crippen LogP contribution in [-0.4, -0.2) is 15.4 Å². The average molecular weight is 363 g/mol. The van der Waals surface area contributed by atoms with Crippen molar-refractivity contribution in [2.24, 2.45) is 0 Å². The second-order valence-electron chi connectivity index (χ2n) is 3.77. The maximum Gasteiger partial charge on any atom is 0.221 e. The van der Waals surface area contributed by atoms with E-state index in [1.165, 1.54) is 32.1 Å². The molecule has 1 atom stereocenters. The molecule has 0 aromatic carbocycles. The van der Waals surface area contributed by atoms with Crippen LogP contribution in [0.2, 0.25) is 0 Å². The SMILES string of the molecule is O=C(Cl)CCCCCCCCC(Br)CBr. The summed E-state index contributed by atoms with van der Waals surface area (Å²) < 4.78 is 0. The largest absolute Gasteiger partial charge is 0.281 e. The van der Waals surface area contributed by atoms with Crippen molar-refractivity contribution in [2.45, 2.75) is 56.2 Å². The summed E-state index contributed by atoms with van der Waals surface area (Å²) >= 11 is 12.3. The van der Waals surface area contributed by atoms with Gasteiger partial charge in [0.05, 0.1) is 0 Å². The van der Waals surface area contributed by atoms with Crippen LogP contribution in [0.3, 0.4) is 0 Å². The molecule has 15 heavy (non-hydrogen) atoms. The fourth-order valence-corrected chi connectivity index (χ4v) is 2.20. The lowest BCUT2D eigenvalue weighted by Gasteiger charge is -2.05. The third-order valence-corrected chi connectivity index (χ3v) is 4.93. The Morgan fingerprint density at radius 3 is 2.13 bits per heavy atom. The summed E-state index contributed by atoms with van der Waals surface area (Å²) in [6, 6.07) is 0. The van der Waals surface area contributed by atoms with Gasteiger partial charge >= 0.3 is 0 Å². The van der Waals surface area contributed by atoms with Crippen molar-refractivity contribution < 1.29 is 4.79 Å². The number of carbonyl (C=O) groups is 1. The van der Waals surface area contributed by atoms with Crippen LogP contribution in [0.15, 0.2) is 0 Å². The predicted molar refractivity (Wildman–Crippen MR) is 74.3 cm³/mol. The number of halogens is 3. The molecule has 0 heterocycles. The molecule has 0 bridgehead atoms. The maximum atomic E-state index is 10.4. The number of hydrogen-bond acceptors (Lipinski definition) is 1. The van der Waals surface area contributed by atoms with Crippen molar-refractivity contribution in [2.75, 3.05) is 5.33 Å². The molecule has 0 N–H and O–H groups in total. The van der Waals surface area contributed by atoms with Crippen LogP contribution in [0, 0.1) is 0 Å². The highest BCUT2D eigenvalue weighted by molar-refractivity contribution is 9.12. The van der Waals surface area contributed by atoms with Gasteiger partial charge in [0.1, 0.15) is 0 Å². The minimum Gasteiger partial charge on any atom is -0.281 e. The second kappa shape index (κ2) is 11.4. The zero-order chi connectivity index (χ0) is 11.5. The Morgan fingerprint density at radius 1 is 1.07 bits per heavy atom. The zero-order valence-corrected chi connectivity index (χ0v) is 12.9. The first-order valence-corrected chi connectivity index (χ1v) is 7.96. The van der Waals surface area contributed by atoms with Crippen LogP contribution >= 0.6 is 43.5 Å². The van der Waals surface area contributed by atoms with Crippen molar-refractivity contribution in [3.8, 4) is 0 Å². The molecule has 1 unspecified atom stereocenters. The Labute approximate surface area is 115 Å². The maximum absolute atomic E-state index is 10.4. The summed E-state index contributed by atoms with van der Waals surface area (Å²) in [5, 5.41) is 0.833. The van der Waals surface area contributed by atoms with E-state index in [1.807, 2.05) is 0 Å². The summed E-state index contributed by atoms with van der Waals surface area (Å²) in [6.07, 6.45) is 8.95. The van der Waals surface area contributed by atoms with Gasteiger partial charge in [-0.3, -0.25) is 4.79 Å². The molecule has 0 aromatic heterocycles. The fourth-order valence-electron chi connectivity index (χ4n) is 1.41. The summed E-state index contributed by atoms with van der Waals surface area (Å²) in [6.45, 7) is 0. The standard InChI is InChI=1S/C11H19Br2ClO/c12-9-10(13)7-5-3-1-2-4-6-8-11(14)15/h10H,1-9H2. The molecule has 0 aromatic rings. The van der Waals surface area contributed by atoms with E-state index in [0.717, 1.165) is 18.2 Å². The van der Waals surface area contributed by atoms with Crippen LogP contribution in [0.4, 0.5) is 0 Å². The normalized spacial score (nSPS) is 12.7. The minimum atomic E-state index is -0.200. The lowest BCUT2D eigenvalue weighted by atomic mass is 10.1. The van der Waals surface area contributed by atoms with Crippen molar-refractivity contribution in [1.82, 2.24) is 0 Å². The van der Waals surface area contributed by atoms with E-state index in [1.54, 1.807) is 0 Å². The molecular weight excluding hydrogens is 343 g/mol. The number of unbranched alkanes of at least 4 members (excludes halogenated alkanes) is 5. The van der Waals surface area contributed by atoms with Crippen LogP contribution in [0.5, 0.6) is 0 Å². The molecule has 0 saturated heterocycles. The quantitative estimate of drug-likeness (QED) is 0.303. The minimum absolute atomic E-state index is 0.200. The Morgan fingerprint density at radius 2 is 1.60 bits per heavy atom. The van der Waals surface area contributed by atoms with E-state index in [2.05, 4.69) is 31.9 Å². The lowest BCUT2D eigenvalue weighted by Crippen LogP contribution is -1.97. The molecule has 1 nitrogen and oxygen atoms in total. The van der Waals surface area contributed by atoms with Gasteiger partial charge in [0.25, 0.3) is 0 Å². The summed E-state index contributed by atoms with van der Waals surface area (Å²) in [5.74, 6) is 0. The second-order valence-corrected chi connectivity index (χ2v) is 6.13. The lowest BCUT2D eigenvalue weighted by molar-refractivity contribution is -0.111. The van der Waals surface area contributed by atoms with Gasteiger partial charge < -0.3 is 0 Å². The highest BCUT2D eigenvalue weighted by Gasteiger charge is 2.00. The van der Waals surface area contributed by atoms with Gasteiger partial charge in [-0.15, -0.1) is 0 Å². The van der Waals surface area contributed by atoms with E-state index in [0.29, 0.717) is 11.2 Å².